The number of ether oxygens (including phenoxy) is 5. The maximum absolute atomic E-state index is 12.6. The van der Waals surface area contributed by atoms with Crippen molar-refractivity contribution in [2.45, 2.75) is 0 Å². The number of amides is 2. The van der Waals surface area contributed by atoms with E-state index >= 15 is 0 Å². The number of nitrogens with one attached hydrogen (secondary N) is 2. The number of anilines is 2. The largest absolute Gasteiger partial charge is 0.491 e. The van der Waals surface area contributed by atoms with Gasteiger partial charge in [-0.3, -0.25) is 9.59 Å². The molecule has 0 bridgehead atoms. The van der Waals surface area contributed by atoms with Gasteiger partial charge < -0.3 is 34.3 Å². The molecule has 4 aromatic carbocycles. The van der Waals surface area contributed by atoms with Crippen molar-refractivity contribution >= 4 is 23.2 Å². The van der Waals surface area contributed by atoms with Crippen LogP contribution >= 0.6 is 0 Å². The van der Waals surface area contributed by atoms with Crippen LogP contribution in [0.3, 0.4) is 0 Å². The summed E-state index contributed by atoms with van der Waals surface area (Å²) in [5, 5.41) is 5.73. The molecule has 4 rings (SSSR count). The monoisotopic (exact) mass is 556 g/mol. The highest BCUT2D eigenvalue weighted by molar-refractivity contribution is 6.05. The Morgan fingerprint density at radius 2 is 0.829 bits per heavy atom. The highest BCUT2D eigenvalue weighted by Crippen LogP contribution is 2.25. The van der Waals surface area contributed by atoms with Crippen molar-refractivity contribution in [1.29, 1.82) is 0 Å². The van der Waals surface area contributed by atoms with Crippen molar-refractivity contribution < 1.29 is 33.3 Å². The predicted octanol–water partition coefficient (Wildman–Crippen LogP) is 6.03. The molecule has 2 N–H and O–H groups in total. The van der Waals surface area contributed by atoms with Crippen molar-refractivity contribution in [2.75, 3.05) is 51.3 Å². The van der Waals surface area contributed by atoms with Crippen LogP contribution in [0.2, 0.25) is 0 Å². The minimum absolute atomic E-state index is 0.230. The fourth-order valence-corrected chi connectivity index (χ4v) is 3.65. The maximum atomic E-state index is 12.6. The molecule has 0 aliphatic rings. The molecule has 9 heteroatoms. The minimum Gasteiger partial charge on any atom is -0.491 e. The third-order valence-electron chi connectivity index (χ3n) is 5.81. The highest BCUT2D eigenvalue weighted by Gasteiger charge is 2.09. The zero-order valence-electron chi connectivity index (χ0n) is 22.9. The lowest BCUT2D eigenvalue weighted by Crippen LogP contribution is -2.12. The topological polar surface area (TPSA) is 104 Å². The lowest BCUT2D eigenvalue weighted by atomic mass is 10.2. The quantitative estimate of drug-likeness (QED) is 0.183. The molecule has 0 heterocycles. The number of hydrogen-bond acceptors (Lipinski definition) is 7. The molecule has 0 radical (unpaired) electrons. The summed E-state index contributed by atoms with van der Waals surface area (Å²) in [7, 11) is 3.22. The van der Waals surface area contributed by atoms with E-state index in [1.54, 1.807) is 111 Å². The first-order chi connectivity index (χ1) is 20.0. The summed E-state index contributed by atoms with van der Waals surface area (Å²) >= 11 is 0. The Kier molecular flexibility index (Phi) is 10.7. The van der Waals surface area contributed by atoms with Crippen molar-refractivity contribution in [1.82, 2.24) is 0 Å². The van der Waals surface area contributed by atoms with Gasteiger partial charge in [-0.15, -0.1) is 0 Å². The van der Waals surface area contributed by atoms with Crippen LogP contribution < -0.4 is 24.8 Å². The third-order valence-corrected chi connectivity index (χ3v) is 5.81. The van der Waals surface area contributed by atoms with Crippen molar-refractivity contribution in [3.05, 3.63) is 108 Å². The molecule has 0 unspecified atom stereocenters. The average Bonchev–Trinajstić information content (AvgIpc) is 3.00. The molecule has 0 saturated heterocycles. The summed E-state index contributed by atoms with van der Waals surface area (Å²) in [5.41, 5.74) is 2.30. The Bertz CT molecular complexity index is 1280. The van der Waals surface area contributed by atoms with Gasteiger partial charge in [0.05, 0.1) is 13.2 Å². The van der Waals surface area contributed by atoms with E-state index < -0.39 is 0 Å². The fraction of sp³-hybridized carbons (Fsp3) is 0.188. The molecule has 0 atom stereocenters. The molecular weight excluding hydrogens is 524 g/mol. The van der Waals surface area contributed by atoms with E-state index in [2.05, 4.69) is 10.6 Å². The van der Waals surface area contributed by atoms with E-state index in [1.165, 1.54) is 0 Å². The zero-order chi connectivity index (χ0) is 28.9. The Morgan fingerprint density at radius 3 is 1.17 bits per heavy atom. The van der Waals surface area contributed by atoms with E-state index in [9.17, 15) is 9.59 Å². The molecule has 9 nitrogen and oxygen atoms in total. The van der Waals surface area contributed by atoms with Gasteiger partial charge >= 0.3 is 0 Å². The van der Waals surface area contributed by atoms with Gasteiger partial charge in [-0.25, -0.2) is 0 Å². The van der Waals surface area contributed by atoms with Gasteiger partial charge in [0.1, 0.15) is 36.2 Å². The summed E-state index contributed by atoms with van der Waals surface area (Å²) in [6, 6.07) is 27.9. The van der Waals surface area contributed by atoms with E-state index in [0.29, 0.717) is 71.9 Å². The lowest BCUT2D eigenvalue weighted by Gasteiger charge is -2.10. The molecule has 0 aliphatic heterocycles. The minimum atomic E-state index is -0.230. The van der Waals surface area contributed by atoms with Gasteiger partial charge in [0.25, 0.3) is 11.8 Å². The van der Waals surface area contributed by atoms with Crippen molar-refractivity contribution in [2.24, 2.45) is 0 Å². The SMILES string of the molecule is COCCOc1ccc(C(=O)Nc2ccc(Oc3ccc(NC(=O)c4ccc(OCCOC)cc4)cc3)cc2)cc1. The van der Waals surface area contributed by atoms with Crippen LogP contribution in [0, 0.1) is 0 Å². The number of methoxy groups -OCH3 is 2. The molecule has 0 spiro atoms. The highest BCUT2D eigenvalue weighted by atomic mass is 16.5. The number of carbonyl (C=O) groups excluding carboxylic acids is 2. The molecule has 212 valence electrons. The Hall–Kier alpha value is -4.86. The Morgan fingerprint density at radius 1 is 0.488 bits per heavy atom. The van der Waals surface area contributed by atoms with E-state index in [4.69, 9.17) is 23.7 Å². The Labute approximate surface area is 239 Å². The average molecular weight is 557 g/mol. The third kappa shape index (κ3) is 9.10. The summed E-state index contributed by atoms with van der Waals surface area (Å²) in [6.07, 6.45) is 0. The van der Waals surface area contributed by atoms with E-state index in [-0.39, 0.29) is 11.8 Å². The first-order valence-electron chi connectivity index (χ1n) is 13.0. The van der Waals surface area contributed by atoms with Crippen molar-refractivity contribution in [3.63, 3.8) is 0 Å². The van der Waals surface area contributed by atoms with E-state index in [1.807, 2.05) is 0 Å². The number of carbonyl (C=O) groups is 2. The predicted molar refractivity (Wildman–Crippen MR) is 156 cm³/mol. The van der Waals surface area contributed by atoms with E-state index in [0.717, 1.165) is 0 Å². The fourth-order valence-electron chi connectivity index (χ4n) is 3.65. The van der Waals surface area contributed by atoms with Gasteiger partial charge in [-0.1, -0.05) is 0 Å². The van der Waals surface area contributed by atoms with Crippen LogP contribution in [0.5, 0.6) is 23.0 Å². The number of hydrogen-bond donors (Lipinski definition) is 2. The smallest absolute Gasteiger partial charge is 0.255 e. The lowest BCUT2D eigenvalue weighted by molar-refractivity contribution is 0.101. The Balaban J connectivity index is 1.25. The summed E-state index contributed by atoms with van der Waals surface area (Å²) in [6.45, 7) is 1.88. The molecule has 0 aliphatic carbocycles. The summed E-state index contributed by atoms with van der Waals surface area (Å²) in [4.78, 5) is 25.2. The second-order valence-corrected chi connectivity index (χ2v) is 8.79. The van der Waals surface area contributed by atoms with Crippen molar-refractivity contribution in [3.8, 4) is 23.0 Å². The first-order valence-corrected chi connectivity index (χ1v) is 13.0. The van der Waals surface area contributed by atoms with Gasteiger partial charge in [0.2, 0.25) is 0 Å². The molecular formula is C32H32N2O7. The standard InChI is InChI=1S/C32H32N2O7/c1-37-19-21-39-27-11-3-23(4-12-27)31(35)33-25-7-15-29(16-8-25)41-30-17-9-26(10-18-30)34-32(36)24-5-13-28(14-6-24)40-22-20-38-2/h3-18H,19-22H2,1-2H3,(H,33,35)(H,34,36). The summed E-state index contributed by atoms with van der Waals surface area (Å²) < 4.78 is 26.9. The van der Waals surface area contributed by atoms with Crippen LogP contribution in [0.1, 0.15) is 20.7 Å². The first kappa shape index (κ1) is 29.1. The summed E-state index contributed by atoms with van der Waals surface area (Å²) in [5.74, 6) is 2.09. The molecule has 4 aromatic rings. The second kappa shape index (κ2) is 15.1. The number of benzene rings is 4. The van der Waals surface area contributed by atoms with Gasteiger partial charge in [-0.2, -0.15) is 0 Å². The van der Waals surface area contributed by atoms with Crippen LogP contribution in [0.25, 0.3) is 0 Å². The number of rotatable bonds is 14. The van der Waals surface area contributed by atoms with Crippen LogP contribution in [-0.2, 0) is 9.47 Å². The normalized spacial score (nSPS) is 10.5. The molecule has 0 fully saturated rings. The molecule has 0 aromatic heterocycles. The van der Waals surface area contributed by atoms with Crippen LogP contribution in [0.4, 0.5) is 11.4 Å². The van der Waals surface area contributed by atoms with Crippen LogP contribution in [-0.4, -0.2) is 52.5 Å². The van der Waals surface area contributed by atoms with Gasteiger partial charge in [-0.05, 0) is 97.1 Å². The van der Waals surface area contributed by atoms with Gasteiger partial charge in [0.15, 0.2) is 0 Å². The molecule has 2 amide bonds. The zero-order valence-corrected chi connectivity index (χ0v) is 22.9. The maximum Gasteiger partial charge on any atom is 0.255 e. The van der Waals surface area contributed by atoms with Crippen LogP contribution in [0.15, 0.2) is 97.1 Å². The van der Waals surface area contributed by atoms with Gasteiger partial charge in [0, 0.05) is 36.7 Å². The second-order valence-electron chi connectivity index (χ2n) is 8.79. The molecule has 0 saturated carbocycles. The molecule has 41 heavy (non-hydrogen) atoms.